The fourth-order valence-corrected chi connectivity index (χ4v) is 2.95. The van der Waals surface area contributed by atoms with Crippen molar-refractivity contribution in [2.75, 3.05) is 27.2 Å². The number of rotatable bonds is 7. The molecule has 1 amide bonds. The van der Waals surface area contributed by atoms with Crippen molar-refractivity contribution in [1.82, 2.24) is 25.5 Å². The Morgan fingerprint density at radius 2 is 1.86 bits per heavy atom. The van der Waals surface area contributed by atoms with Gasteiger partial charge >= 0.3 is 0 Å². The molecule has 0 fully saturated rings. The van der Waals surface area contributed by atoms with Gasteiger partial charge in [0, 0.05) is 39.2 Å². The van der Waals surface area contributed by atoms with E-state index in [9.17, 15) is 4.79 Å². The van der Waals surface area contributed by atoms with Gasteiger partial charge in [-0.15, -0.1) is 0 Å². The van der Waals surface area contributed by atoms with Gasteiger partial charge in [-0.3, -0.25) is 4.79 Å². The molecule has 3 aromatic rings. The molecule has 0 atom stereocenters. The molecule has 152 valence electrons. The lowest BCUT2D eigenvalue weighted by Gasteiger charge is -2.11. The first-order chi connectivity index (χ1) is 14.1. The lowest BCUT2D eigenvalue weighted by atomic mass is 10.1. The number of carbonyl (C=O) groups excluding carboxylic acids is 1. The van der Waals surface area contributed by atoms with Gasteiger partial charge in [0.05, 0.1) is 17.6 Å². The van der Waals surface area contributed by atoms with Crippen LogP contribution in [0.5, 0.6) is 0 Å². The Kier molecular flexibility index (Phi) is 6.84. The number of fused-ring (bicyclic) bond motifs is 1. The van der Waals surface area contributed by atoms with E-state index in [2.05, 4.69) is 25.6 Å². The summed E-state index contributed by atoms with van der Waals surface area (Å²) in [5, 5.41) is 6.60. The van der Waals surface area contributed by atoms with E-state index in [-0.39, 0.29) is 5.91 Å². The maximum Gasteiger partial charge on any atom is 0.253 e. The summed E-state index contributed by atoms with van der Waals surface area (Å²) in [6.07, 6.45) is 0.778. The summed E-state index contributed by atoms with van der Waals surface area (Å²) in [4.78, 5) is 26.1. The maximum absolute atomic E-state index is 12.0. The van der Waals surface area contributed by atoms with E-state index in [0.717, 1.165) is 47.9 Å². The largest absolute Gasteiger partial charge is 0.357 e. The number of hydrogen-bond donors (Lipinski definition) is 3. The second-order valence-corrected chi connectivity index (χ2v) is 6.97. The average Bonchev–Trinajstić information content (AvgIpc) is 3.14. The molecular weight excluding hydrogens is 364 g/mol. The number of aliphatic imine (C=N–C) groups is 1. The molecule has 0 saturated heterocycles. The highest BCUT2D eigenvalue weighted by atomic mass is 16.2. The summed E-state index contributed by atoms with van der Waals surface area (Å²) in [6.45, 7) is 4.09. The number of nitrogens with one attached hydrogen (secondary N) is 3. The first kappa shape index (κ1) is 20.4. The van der Waals surface area contributed by atoms with Crippen LogP contribution in [0.2, 0.25) is 0 Å². The molecular formula is C22H28N6O. The van der Waals surface area contributed by atoms with Gasteiger partial charge < -0.3 is 20.5 Å². The second-order valence-electron chi connectivity index (χ2n) is 6.97. The third-order valence-corrected chi connectivity index (χ3v) is 4.46. The molecule has 1 aromatic heterocycles. The van der Waals surface area contributed by atoms with Crippen LogP contribution in [0.3, 0.4) is 0 Å². The summed E-state index contributed by atoms with van der Waals surface area (Å²) in [5.74, 6) is 1.72. The highest BCUT2D eigenvalue weighted by Crippen LogP contribution is 2.10. The van der Waals surface area contributed by atoms with E-state index in [1.54, 1.807) is 19.0 Å². The molecule has 0 saturated carbocycles. The smallest absolute Gasteiger partial charge is 0.253 e. The van der Waals surface area contributed by atoms with Crippen molar-refractivity contribution in [2.45, 2.75) is 19.9 Å². The first-order valence-electron chi connectivity index (χ1n) is 9.83. The fraction of sp³-hybridized carbons (Fsp3) is 0.318. The topological polar surface area (TPSA) is 85.4 Å². The van der Waals surface area contributed by atoms with Crippen LogP contribution in [0.15, 0.2) is 53.5 Å². The molecule has 0 spiro atoms. The summed E-state index contributed by atoms with van der Waals surface area (Å²) in [5.41, 5.74) is 3.77. The summed E-state index contributed by atoms with van der Waals surface area (Å²) in [6, 6.07) is 15.6. The minimum Gasteiger partial charge on any atom is -0.357 e. The number of benzene rings is 2. The van der Waals surface area contributed by atoms with Crippen LogP contribution in [-0.4, -0.2) is 53.9 Å². The molecule has 0 unspecified atom stereocenters. The third-order valence-electron chi connectivity index (χ3n) is 4.46. The van der Waals surface area contributed by atoms with Gasteiger partial charge in [0.1, 0.15) is 5.82 Å². The minimum atomic E-state index is 0.000596. The Morgan fingerprint density at radius 1 is 1.10 bits per heavy atom. The van der Waals surface area contributed by atoms with E-state index < -0.39 is 0 Å². The molecule has 0 bridgehead atoms. The van der Waals surface area contributed by atoms with Crippen LogP contribution in [0.4, 0.5) is 0 Å². The van der Waals surface area contributed by atoms with Crippen molar-refractivity contribution in [3.63, 3.8) is 0 Å². The van der Waals surface area contributed by atoms with E-state index in [1.165, 1.54) is 0 Å². The number of H-pyrrole nitrogens is 1. The molecule has 3 rings (SSSR count). The van der Waals surface area contributed by atoms with Crippen molar-refractivity contribution in [3.8, 4) is 0 Å². The van der Waals surface area contributed by atoms with Crippen LogP contribution in [0, 0.1) is 0 Å². The number of imidazole rings is 1. The van der Waals surface area contributed by atoms with Crippen LogP contribution in [-0.2, 0) is 13.0 Å². The van der Waals surface area contributed by atoms with Gasteiger partial charge in [0.2, 0.25) is 0 Å². The summed E-state index contributed by atoms with van der Waals surface area (Å²) in [7, 11) is 3.50. The maximum atomic E-state index is 12.0. The Morgan fingerprint density at radius 3 is 2.55 bits per heavy atom. The molecule has 0 radical (unpaired) electrons. The monoisotopic (exact) mass is 392 g/mol. The fourth-order valence-electron chi connectivity index (χ4n) is 2.95. The Balaban J connectivity index is 1.55. The molecule has 7 heteroatoms. The molecule has 7 nitrogen and oxygen atoms in total. The molecule has 2 aromatic carbocycles. The number of amides is 1. The highest BCUT2D eigenvalue weighted by Gasteiger charge is 2.07. The lowest BCUT2D eigenvalue weighted by molar-refractivity contribution is 0.0827. The predicted molar refractivity (Wildman–Crippen MR) is 117 cm³/mol. The van der Waals surface area contributed by atoms with Crippen LogP contribution < -0.4 is 10.6 Å². The van der Waals surface area contributed by atoms with Crippen LogP contribution in [0.1, 0.15) is 28.7 Å². The SMILES string of the molecule is CCNC(=NCc1ccc(C(=O)N(C)C)cc1)NCCc1nc2ccccc2[nH]1. The number of guanidine groups is 1. The summed E-state index contributed by atoms with van der Waals surface area (Å²) < 4.78 is 0. The van der Waals surface area contributed by atoms with Crippen LogP contribution in [0.25, 0.3) is 11.0 Å². The standard InChI is InChI=1S/C22H28N6O/c1-4-23-22(24-14-13-20-26-18-7-5-6-8-19(18)27-20)25-15-16-9-11-17(12-10-16)21(29)28(2)3/h5-12H,4,13-15H2,1-3H3,(H,26,27)(H2,23,24,25). The zero-order chi connectivity index (χ0) is 20.6. The van der Waals surface area contributed by atoms with Crippen molar-refractivity contribution in [1.29, 1.82) is 0 Å². The minimum absolute atomic E-state index is 0.000596. The summed E-state index contributed by atoms with van der Waals surface area (Å²) >= 11 is 0. The number of aromatic amines is 1. The van der Waals surface area contributed by atoms with Gasteiger partial charge in [-0.25, -0.2) is 9.98 Å². The lowest BCUT2D eigenvalue weighted by Crippen LogP contribution is -2.38. The number of hydrogen-bond acceptors (Lipinski definition) is 3. The predicted octanol–water partition coefficient (Wildman–Crippen LogP) is 2.56. The van der Waals surface area contributed by atoms with E-state index in [0.29, 0.717) is 12.1 Å². The molecule has 0 aliphatic heterocycles. The zero-order valence-corrected chi connectivity index (χ0v) is 17.2. The van der Waals surface area contributed by atoms with Gasteiger partial charge in [-0.05, 0) is 36.8 Å². The average molecular weight is 393 g/mol. The molecule has 1 heterocycles. The zero-order valence-electron chi connectivity index (χ0n) is 17.2. The quantitative estimate of drug-likeness (QED) is 0.426. The van der Waals surface area contributed by atoms with Crippen molar-refractivity contribution < 1.29 is 4.79 Å². The van der Waals surface area contributed by atoms with Crippen molar-refractivity contribution in [2.24, 2.45) is 4.99 Å². The number of para-hydroxylation sites is 2. The molecule has 29 heavy (non-hydrogen) atoms. The second kappa shape index (κ2) is 9.73. The first-order valence-corrected chi connectivity index (χ1v) is 9.83. The van der Waals surface area contributed by atoms with Gasteiger partial charge in [0.15, 0.2) is 5.96 Å². The van der Waals surface area contributed by atoms with Crippen molar-refractivity contribution in [3.05, 3.63) is 65.5 Å². The molecule has 0 aliphatic carbocycles. The van der Waals surface area contributed by atoms with Gasteiger partial charge in [0.25, 0.3) is 5.91 Å². The van der Waals surface area contributed by atoms with E-state index >= 15 is 0 Å². The Hall–Kier alpha value is -3.35. The van der Waals surface area contributed by atoms with E-state index in [4.69, 9.17) is 0 Å². The number of aromatic nitrogens is 2. The number of carbonyl (C=O) groups is 1. The third kappa shape index (κ3) is 5.57. The molecule has 0 aliphatic rings. The Bertz CT molecular complexity index is 941. The van der Waals surface area contributed by atoms with E-state index in [1.807, 2.05) is 55.5 Å². The normalized spacial score (nSPS) is 11.5. The van der Waals surface area contributed by atoms with Gasteiger partial charge in [-0.1, -0.05) is 24.3 Å². The van der Waals surface area contributed by atoms with Crippen molar-refractivity contribution >= 4 is 22.9 Å². The molecule has 3 N–H and O–H groups in total. The highest BCUT2D eigenvalue weighted by molar-refractivity contribution is 5.93. The number of nitrogens with zero attached hydrogens (tertiary/aromatic N) is 3. The van der Waals surface area contributed by atoms with Gasteiger partial charge in [-0.2, -0.15) is 0 Å². The van der Waals surface area contributed by atoms with Crippen LogP contribution >= 0.6 is 0 Å². The Labute approximate surface area is 171 Å².